The van der Waals surface area contributed by atoms with Gasteiger partial charge < -0.3 is 9.32 Å². The van der Waals surface area contributed by atoms with Crippen LogP contribution in [0.2, 0.25) is 0 Å². The number of nitrogens with zero attached hydrogens (tertiary/aromatic N) is 2. The predicted octanol–water partition coefficient (Wildman–Crippen LogP) is 3.90. The number of carbonyl (C=O) groups is 1. The van der Waals surface area contributed by atoms with Gasteiger partial charge in [-0.15, -0.1) is 0 Å². The lowest BCUT2D eigenvalue weighted by molar-refractivity contribution is 0.0696. The zero-order chi connectivity index (χ0) is 15.2. The van der Waals surface area contributed by atoms with Crippen LogP contribution >= 0.6 is 0 Å². The Hall–Kier alpha value is -2.10. The molecule has 2 aromatic heterocycles. The van der Waals surface area contributed by atoms with Crippen molar-refractivity contribution in [3.8, 4) is 0 Å². The van der Waals surface area contributed by atoms with E-state index < -0.39 is 0 Å². The Balaban J connectivity index is 1.73. The Morgan fingerprint density at radius 2 is 2.09 bits per heavy atom. The number of rotatable bonds is 5. The zero-order valence-corrected chi connectivity index (χ0v) is 12.8. The Morgan fingerprint density at radius 3 is 2.77 bits per heavy atom. The number of amides is 1. The fourth-order valence-electron chi connectivity index (χ4n) is 3.16. The summed E-state index contributed by atoms with van der Waals surface area (Å²) in [7, 11) is 0. The fraction of sp³-hybridized carbons (Fsp3) is 0.444. The molecule has 2 heterocycles. The van der Waals surface area contributed by atoms with Crippen molar-refractivity contribution in [2.75, 3.05) is 6.54 Å². The molecule has 4 nitrogen and oxygen atoms in total. The van der Waals surface area contributed by atoms with Gasteiger partial charge in [-0.1, -0.05) is 25.3 Å². The molecule has 0 unspecified atom stereocenters. The van der Waals surface area contributed by atoms with Crippen LogP contribution in [0.15, 0.2) is 47.4 Å². The molecule has 1 aliphatic rings. The van der Waals surface area contributed by atoms with Crippen LogP contribution in [0.3, 0.4) is 0 Å². The summed E-state index contributed by atoms with van der Waals surface area (Å²) >= 11 is 0. The average molecular weight is 298 g/mol. The second-order valence-electron chi connectivity index (χ2n) is 6.02. The summed E-state index contributed by atoms with van der Waals surface area (Å²) in [5.41, 5.74) is 1.54. The van der Waals surface area contributed by atoms with Crippen LogP contribution in [0, 0.1) is 5.92 Å². The standard InChI is InChI=1S/C18H22N2O2/c21-18(16-9-11-22-14-16)20(12-15-6-2-1-3-7-15)13-17-8-4-5-10-19-17/h4-5,8-11,14-15H,1-3,6-7,12-13H2. The molecule has 1 aliphatic carbocycles. The van der Waals surface area contributed by atoms with E-state index >= 15 is 0 Å². The van der Waals surface area contributed by atoms with Crippen molar-refractivity contribution in [1.29, 1.82) is 0 Å². The van der Waals surface area contributed by atoms with Gasteiger partial charge in [0.15, 0.2) is 0 Å². The van der Waals surface area contributed by atoms with Crippen LogP contribution in [0.25, 0.3) is 0 Å². The van der Waals surface area contributed by atoms with E-state index in [1.54, 1.807) is 18.5 Å². The number of aromatic nitrogens is 1. The topological polar surface area (TPSA) is 46.3 Å². The summed E-state index contributed by atoms with van der Waals surface area (Å²) in [6, 6.07) is 7.56. The Kier molecular flexibility index (Phi) is 4.88. The molecule has 0 aromatic carbocycles. The molecule has 0 spiro atoms. The summed E-state index contributed by atoms with van der Waals surface area (Å²) in [6.07, 6.45) is 11.2. The van der Waals surface area contributed by atoms with Gasteiger partial charge in [0.25, 0.3) is 5.91 Å². The molecule has 3 rings (SSSR count). The number of carbonyl (C=O) groups excluding carboxylic acids is 1. The lowest BCUT2D eigenvalue weighted by atomic mass is 9.89. The average Bonchev–Trinajstić information content (AvgIpc) is 3.10. The van der Waals surface area contributed by atoms with Crippen LogP contribution in [0.4, 0.5) is 0 Å². The molecular formula is C18H22N2O2. The normalized spacial score (nSPS) is 15.6. The molecule has 0 radical (unpaired) electrons. The second-order valence-corrected chi connectivity index (χ2v) is 6.02. The Bertz CT molecular complexity index is 574. The molecule has 0 atom stereocenters. The molecule has 0 bridgehead atoms. The van der Waals surface area contributed by atoms with Gasteiger partial charge in [0.2, 0.25) is 0 Å². The first-order chi connectivity index (χ1) is 10.8. The zero-order valence-electron chi connectivity index (χ0n) is 12.8. The molecular weight excluding hydrogens is 276 g/mol. The van der Waals surface area contributed by atoms with E-state index in [1.807, 2.05) is 23.1 Å². The third-order valence-electron chi connectivity index (χ3n) is 4.34. The van der Waals surface area contributed by atoms with E-state index in [0.29, 0.717) is 18.0 Å². The second kappa shape index (κ2) is 7.25. The van der Waals surface area contributed by atoms with E-state index in [4.69, 9.17) is 4.42 Å². The SMILES string of the molecule is O=C(c1ccoc1)N(Cc1ccccn1)CC1CCCCC1. The Labute approximate surface area is 131 Å². The van der Waals surface area contributed by atoms with Gasteiger partial charge in [-0.05, 0) is 37.0 Å². The van der Waals surface area contributed by atoms with Gasteiger partial charge in [0.1, 0.15) is 6.26 Å². The number of hydrogen-bond donors (Lipinski definition) is 0. The molecule has 22 heavy (non-hydrogen) atoms. The summed E-state index contributed by atoms with van der Waals surface area (Å²) < 4.78 is 5.06. The van der Waals surface area contributed by atoms with Gasteiger partial charge in [-0.25, -0.2) is 0 Å². The fourth-order valence-corrected chi connectivity index (χ4v) is 3.16. The predicted molar refractivity (Wildman–Crippen MR) is 84.3 cm³/mol. The van der Waals surface area contributed by atoms with E-state index in [2.05, 4.69) is 4.98 Å². The third kappa shape index (κ3) is 3.75. The van der Waals surface area contributed by atoms with Gasteiger partial charge in [-0.3, -0.25) is 9.78 Å². The van der Waals surface area contributed by atoms with Gasteiger partial charge in [0, 0.05) is 12.7 Å². The molecule has 116 valence electrons. The first-order valence-corrected chi connectivity index (χ1v) is 8.04. The number of hydrogen-bond acceptors (Lipinski definition) is 3. The van der Waals surface area contributed by atoms with Crippen molar-refractivity contribution in [1.82, 2.24) is 9.88 Å². The lowest BCUT2D eigenvalue weighted by Crippen LogP contribution is -2.35. The van der Waals surface area contributed by atoms with Crippen LogP contribution < -0.4 is 0 Å². The van der Waals surface area contributed by atoms with Crippen LogP contribution in [-0.2, 0) is 6.54 Å². The maximum Gasteiger partial charge on any atom is 0.257 e. The summed E-state index contributed by atoms with van der Waals surface area (Å²) in [6.45, 7) is 1.36. The summed E-state index contributed by atoms with van der Waals surface area (Å²) in [5, 5.41) is 0. The van der Waals surface area contributed by atoms with E-state index in [1.165, 1.54) is 38.4 Å². The molecule has 1 saturated carbocycles. The largest absolute Gasteiger partial charge is 0.472 e. The number of furan rings is 1. The van der Waals surface area contributed by atoms with E-state index in [0.717, 1.165) is 12.2 Å². The highest BCUT2D eigenvalue weighted by Gasteiger charge is 2.23. The summed E-state index contributed by atoms with van der Waals surface area (Å²) in [4.78, 5) is 19.0. The first kappa shape index (κ1) is 14.8. The lowest BCUT2D eigenvalue weighted by Gasteiger charge is -2.29. The van der Waals surface area contributed by atoms with Crippen molar-refractivity contribution in [3.05, 3.63) is 54.2 Å². The van der Waals surface area contributed by atoms with Crippen LogP contribution in [-0.4, -0.2) is 22.3 Å². The van der Waals surface area contributed by atoms with E-state index in [9.17, 15) is 4.79 Å². The van der Waals surface area contributed by atoms with Gasteiger partial charge >= 0.3 is 0 Å². The van der Waals surface area contributed by atoms with Crippen molar-refractivity contribution in [2.24, 2.45) is 5.92 Å². The Morgan fingerprint density at radius 1 is 1.23 bits per heavy atom. The molecule has 0 N–H and O–H groups in total. The van der Waals surface area contributed by atoms with Crippen molar-refractivity contribution in [2.45, 2.75) is 38.6 Å². The highest BCUT2D eigenvalue weighted by molar-refractivity contribution is 5.93. The highest BCUT2D eigenvalue weighted by atomic mass is 16.3. The minimum atomic E-state index is 0.0324. The minimum Gasteiger partial charge on any atom is -0.472 e. The third-order valence-corrected chi connectivity index (χ3v) is 4.34. The van der Waals surface area contributed by atoms with Gasteiger partial charge in [0.05, 0.1) is 24.1 Å². The maximum atomic E-state index is 12.7. The molecule has 0 saturated heterocycles. The van der Waals surface area contributed by atoms with Crippen LogP contribution in [0.1, 0.15) is 48.2 Å². The van der Waals surface area contributed by atoms with Crippen molar-refractivity contribution in [3.63, 3.8) is 0 Å². The maximum absolute atomic E-state index is 12.7. The quantitative estimate of drug-likeness (QED) is 0.841. The molecule has 0 aliphatic heterocycles. The minimum absolute atomic E-state index is 0.0324. The summed E-state index contributed by atoms with van der Waals surface area (Å²) in [5.74, 6) is 0.637. The monoisotopic (exact) mass is 298 g/mol. The molecule has 4 heteroatoms. The number of pyridine rings is 1. The van der Waals surface area contributed by atoms with Gasteiger partial charge in [-0.2, -0.15) is 0 Å². The molecule has 1 fully saturated rings. The van der Waals surface area contributed by atoms with Crippen molar-refractivity contribution >= 4 is 5.91 Å². The molecule has 2 aromatic rings. The highest BCUT2D eigenvalue weighted by Crippen LogP contribution is 2.25. The van der Waals surface area contributed by atoms with Crippen molar-refractivity contribution < 1.29 is 9.21 Å². The smallest absolute Gasteiger partial charge is 0.257 e. The molecule has 1 amide bonds. The van der Waals surface area contributed by atoms with E-state index in [-0.39, 0.29) is 5.91 Å². The van der Waals surface area contributed by atoms with Crippen LogP contribution in [0.5, 0.6) is 0 Å². The first-order valence-electron chi connectivity index (χ1n) is 8.04.